The zero-order valence-electron chi connectivity index (χ0n) is 11.1. The average Bonchev–Trinajstić information content (AvgIpc) is 2.35. The number of hydrogen-bond acceptors (Lipinski definition) is 3. The van der Waals surface area contributed by atoms with Crippen LogP contribution in [0.1, 0.15) is 25.3 Å². The van der Waals surface area contributed by atoms with Crippen molar-refractivity contribution in [2.45, 2.75) is 26.2 Å². The molecule has 0 aliphatic rings. The fraction of sp³-hybridized carbons (Fsp3) is 0.643. The Hall–Kier alpha value is -0.930. The Morgan fingerprint density at radius 2 is 2.06 bits per heavy atom. The number of aromatic nitrogens is 1. The highest BCUT2D eigenvalue weighted by atomic mass is 15.1. The molecule has 1 aromatic rings. The number of pyridine rings is 1. The predicted molar refractivity (Wildman–Crippen MR) is 72.9 cm³/mol. The normalized spacial score (nSPS) is 12.9. The molecule has 1 unspecified atom stereocenters. The first-order chi connectivity index (χ1) is 8.22. The molecule has 0 aromatic carbocycles. The van der Waals surface area contributed by atoms with E-state index < -0.39 is 0 Å². The maximum Gasteiger partial charge on any atom is 0.0270 e. The Morgan fingerprint density at radius 1 is 1.35 bits per heavy atom. The summed E-state index contributed by atoms with van der Waals surface area (Å²) in [5.41, 5.74) is 6.89. The van der Waals surface area contributed by atoms with Gasteiger partial charge in [-0.2, -0.15) is 0 Å². The zero-order valence-corrected chi connectivity index (χ0v) is 11.1. The Bertz CT molecular complexity index is 287. The number of hydrogen-bond donors (Lipinski definition) is 1. The van der Waals surface area contributed by atoms with E-state index in [1.54, 1.807) is 0 Å². The Balaban J connectivity index is 2.19. The zero-order chi connectivity index (χ0) is 12.5. The molecular weight excluding hydrogens is 210 g/mol. The lowest BCUT2D eigenvalue weighted by atomic mass is 10.1. The molecule has 1 heterocycles. The molecule has 2 N–H and O–H groups in total. The van der Waals surface area contributed by atoms with Gasteiger partial charge in [-0.3, -0.25) is 4.98 Å². The van der Waals surface area contributed by atoms with Gasteiger partial charge in [0, 0.05) is 25.5 Å². The van der Waals surface area contributed by atoms with E-state index in [1.165, 1.54) is 12.0 Å². The van der Waals surface area contributed by atoms with Crippen LogP contribution in [0.3, 0.4) is 0 Å². The third kappa shape index (κ3) is 6.39. The molecule has 17 heavy (non-hydrogen) atoms. The predicted octanol–water partition coefficient (Wildman–Crippen LogP) is 1.93. The van der Waals surface area contributed by atoms with E-state index in [0.29, 0.717) is 0 Å². The van der Waals surface area contributed by atoms with Gasteiger partial charge < -0.3 is 10.6 Å². The van der Waals surface area contributed by atoms with E-state index in [0.717, 1.165) is 38.4 Å². The first-order valence-corrected chi connectivity index (χ1v) is 6.50. The molecule has 0 saturated heterocycles. The van der Waals surface area contributed by atoms with Crippen LogP contribution in [0.2, 0.25) is 0 Å². The third-order valence-electron chi connectivity index (χ3n) is 3.06. The molecule has 0 radical (unpaired) electrons. The quantitative estimate of drug-likeness (QED) is 0.748. The lowest BCUT2D eigenvalue weighted by molar-refractivity contribution is 0.279. The smallest absolute Gasteiger partial charge is 0.0270 e. The van der Waals surface area contributed by atoms with Gasteiger partial charge in [0.05, 0.1) is 0 Å². The minimum absolute atomic E-state index is 0.737. The molecule has 0 saturated carbocycles. The second-order valence-electron chi connectivity index (χ2n) is 4.90. The van der Waals surface area contributed by atoms with Crippen LogP contribution >= 0.6 is 0 Å². The van der Waals surface area contributed by atoms with Gasteiger partial charge in [-0.1, -0.05) is 6.92 Å². The summed E-state index contributed by atoms with van der Waals surface area (Å²) in [6.45, 7) is 5.38. The summed E-state index contributed by atoms with van der Waals surface area (Å²) in [5.74, 6) is 0.737. The Kier molecular flexibility index (Phi) is 6.82. The molecule has 0 aliphatic carbocycles. The SMILES string of the molecule is CC(CCCN)CN(C)CCc1ccncc1. The van der Waals surface area contributed by atoms with Crippen LogP contribution in [0.5, 0.6) is 0 Å². The number of likely N-dealkylation sites (N-methyl/N-ethyl adjacent to an activating group) is 1. The molecule has 1 rings (SSSR count). The molecule has 3 nitrogen and oxygen atoms in total. The first kappa shape index (κ1) is 14.1. The van der Waals surface area contributed by atoms with Crippen LogP contribution < -0.4 is 5.73 Å². The highest BCUT2D eigenvalue weighted by Crippen LogP contribution is 2.07. The standard InChI is InChI=1S/C14H25N3/c1-13(4-3-8-15)12-17(2)11-7-14-5-9-16-10-6-14/h5-6,9-10,13H,3-4,7-8,11-12,15H2,1-2H3. The fourth-order valence-corrected chi connectivity index (χ4v) is 2.05. The van der Waals surface area contributed by atoms with Gasteiger partial charge >= 0.3 is 0 Å². The second kappa shape index (κ2) is 8.20. The van der Waals surface area contributed by atoms with Gasteiger partial charge in [-0.05, 0) is 56.5 Å². The maximum atomic E-state index is 5.52. The summed E-state index contributed by atoms with van der Waals surface area (Å²) in [7, 11) is 2.19. The van der Waals surface area contributed by atoms with Crippen molar-refractivity contribution >= 4 is 0 Å². The second-order valence-corrected chi connectivity index (χ2v) is 4.90. The van der Waals surface area contributed by atoms with Crippen molar-refractivity contribution in [2.75, 3.05) is 26.7 Å². The van der Waals surface area contributed by atoms with Gasteiger partial charge in [0.2, 0.25) is 0 Å². The maximum absolute atomic E-state index is 5.52. The number of nitrogens with zero attached hydrogens (tertiary/aromatic N) is 2. The van der Waals surface area contributed by atoms with Gasteiger partial charge in [0.25, 0.3) is 0 Å². The van der Waals surface area contributed by atoms with Crippen molar-refractivity contribution in [3.63, 3.8) is 0 Å². The van der Waals surface area contributed by atoms with Crippen LogP contribution in [0.25, 0.3) is 0 Å². The molecule has 0 spiro atoms. The summed E-state index contributed by atoms with van der Waals surface area (Å²) >= 11 is 0. The van der Waals surface area contributed by atoms with E-state index in [4.69, 9.17) is 5.73 Å². The molecule has 3 heteroatoms. The van der Waals surface area contributed by atoms with Crippen molar-refractivity contribution in [3.8, 4) is 0 Å². The Labute approximate surface area is 105 Å². The number of nitrogens with two attached hydrogens (primary N) is 1. The molecule has 0 amide bonds. The van der Waals surface area contributed by atoms with Crippen LogP contribution in [0.15, 0.2) is 24.5 Å². The van der Waals surface area contributed by atoms with Crippen molar-refractivity contribution < 1.29 is 0 Å². The highest BCUT2D eigenvalue weighted by molar-refractivity contribution is 5.09. The minimum atomic E-state index is 0.737. The van der Waals surface area contributed by atoms with Crippen LogP contribution in [-0.4, -0.2) is 36.6 Å². The summed E-state index contributed by atoms with van der Waals surface area (Å²) in [5, 5.41) is 0. The van der Waals surface area contributed by atoms with Crippen molar-refractivity contribution in [3.05, 3.63) is 30.1 Å². The van der Waals surface area contributed by atoms with Gasteiger partial charge in [0.15, 0.2) is 0 Å². The van der Waals surface area contributed by atoms with Gasteiger partial charge in [0.1, 0.15) is 0 Å². The Morgan fingerprint density at radius 3 is 2.71 bits per heavy atom. The molecule has 0 fully saturated rings. The molecule has 0 bridgehead atoms. The highest BCUT2D eigenvalue weighted by Gasteiger charge is 2.06. The van der Waals surface area contributed by atoms with Crippen LogP contribution in [-0.2, 0) is 6.42 Å². The van der Waals surface area contributed by atoms with Crippen molar-refractivity contribution in [1.82, 2.24) is 9.88 Å². The minimum Gasteiger partial charge on any atom is -0.330 e. The molecule has 1 atom stereocenters. The monoisotopic (exact) mass is 235 g/mol. The van der Waals surface area contributed by atoms with Gasteiger partial charge in [-0.25, -0.2) is 0 Å². The molecular formula is C14H25N3. The lowest BCUT2D eigenvalue weighted by Crippen LogP contribution is -2.27. The number of rotatable bonds is 8. The first-order valence-electron chi connectivity index (χ1n) is 6.50. The van der Waals surface area contributed by atoms with Crippen molar-refractivity contribution in [2.24, 2.45) is 11.7 Å². The van der Waals surface area contributed by atoms with E-state index in [1.807, 2.05) is 12.4 Å². The summed E-state index contributed by atoms with van der Waals surface area (Å²) in [6, 6.07) is 4.18. The fourth-order valence-electron chi connectivity index (χ4n) is 2.05. The summed E-state index contributed by atoms with van der Waals surface area (Å²) in [4.78, 5) is 6.43. The lowest BCUT2D eigenvalue weighted by Gasteiger charge is -2.21. The summed E-state index contributed by atoms with van der Waals surface area (Å²) in [6.07, 6.45) is 7.19. The van der Waals surface area contributed by atoms with Crippen LogP contribution in [0.4, 0.5) is 0 Å². The van der Waals surface area contributed by atoms with E-state index in [9.17, 15) is 0 Å². The van der Waals surface area contributed by atoms with E-state index in [-0.39, 0.29) is 0 Å². The van der Waals surface area contributed by atoms with Gasteiger partial charge in [-0.15, -0.1) is 0 Å². The van der Waals surface area contributed by atoms with E-state index >= 15 is 0 Å². The van der Waals surface area contributed by atoms with Crippen molar-refractivity contribution in [1.29, 1.82) is 0 Å². The molecule has 1 aromatic heterocycles. The third-order valence-corrected chi connectivity index (χ3v) is 3.06. The molecule has 96 valence electrons. The van der Waals surface area contributed by atoms with Crippen LogP contribution in [0, 0.1) is 5.92 Å². The van der Waals surface area contributed by atoms with E-state index in [2.05, 4.69) is 36.0 Å². The largest absolute Gasteiger partial charge is 0.330 e. The topological polar surface area (TPSA) is 42.1 Å². The average molecular weight is 235 g/mol. The summed E-state index contributed by atoms with van der Waals surface area (Å²) < 4.78 is 0. The molecule has 0 aliphatic heterocycles.